The van der Waals surface area contributed by atoms with Crippen molar-refractivity contribution in [2.45, 2.75) is 52.0 Å². The van der Waals surface area contributed by atoms with E-state index in [1.807, 2.05) is 29.1 Å². The van der Waals surface area contributed by atoms with Gasteiger partial charge in [-0.1, -0.05) is 12.1 Å². The van der Waals surface area contributed by atoms with Crippen molar-refractivity contribution in [3.05, 3.63) is 30.0 Å². The van der Waals surface area contributed by atoms with E-state index in [0.717, 1.165) is 48.6 Å². The second-order valence-corrected chi connectivity index (χ2v) is 8.49. The summed E-state index contributed by atoms with van der Waals surface area (Å²) in [4.78, 5) is 15.5. The fraction of sp³-hybridized carbons (Fsp3) is 0.652. The Labute approximate surface area is 168 Å². The van der Waals surface area contributed by atoms with E-state index in [1.54, 1.807) is 0 Å². The number of fused-ring (bicyclic) bond motifs is 1. The summed E-state index contributed by atoms with van der Waals surface area (Å²) in [5, 5.41) is 5.66. The van der Waals surface area contributed by atoms with Crippen LogP contribution >= 0.6 is 0 Å². The lowest BCUT2D eigenvalue weighted by molar-refractivity contribution is 0.0464. The molecule has 5 nitrogen and oxygen atoms in total. The van der Waals surface area contributed by atoms with Crippen LogP contribution in [0.4, 0.5) is 0 Å². The van der Waals surface area contributed by atoms with Gasteiger partial charge in [-0.05, 0) is 70.0 Å². The molecular formula is C23H33N3O2. The Morgan fingerprint density at radius 3 is 2.68 bits per heavy atom. The minimum atomic E-state index is 0.247. The second-order valence-electron chi connectivity index (χ2n) is 8.49. The summed E-state index contributed by atoms with van der Waals surface area (Å²) in [6.45, 7) is 8.38. The summed E-state index contributed by atoms with van der Waals surface area (Å²) < 4.78 is 7.39. The van der Waals surface area contributed by atoms with Crippen LogP contribution in [-0.4, -0.2) is 53.3 Å². The van der Waals surface area contributed by atoms with E-state index in [0.29, 0.717) is 12.3 Å². The van der Waals surface area contributed by atoms with Gasteiger partial charge < -0.3 is 9.64 Å². The van der Waals surface area contributed by atoms with Crippen molar-refractivity contribution < 1.29 is 9.53 Å². The predicted molar refractivity (Wildman–Crippen MR) is 112 cm³/mol. The molecule has 2 aliphatic heterocycles. The molecule has 2 aromatic rings. The number of carbonyl (C=O) groups is 1. The molecule has 0 unspecified atom stereocenters. The molecular weight excluding hydrogens is 350 g/mol. The van der Waals surface area contributed by atoms with E-state index in [1.165, 1.54) is 45.3 Å². The Morgan fingerprint density at radius 1 is 1.14 bits per heavy atom. The lowest BCUT2D eigenvalue weighted by Gasteiger charge is -2.35. The first-order chi connectivity index (χ1) is 13.7. The number of ether oxygens (including phenoxy) is 1. The molecule has 5 heteroatoms. The highest BCUT2D eigenvalue weighted by Crippen LogP contribution is 2.26. The van der Waals surface area contributed by atoms with Crippen LogP contribution in [0, 0.1) is 11.8 Å². The largest absolute Gasteiger partial charge is 0.381 e. The summed E-state index contributed by atoms with van der Waals surface area (Å²) in [6, 6.07) is 5.96. The van der Waals surface area contributed by atoms with Crippen molar-refractivity contribution in [2.24, 2.45) is 11.8 Å². The molecule has 1 aromatic heterocycles. The minimum absolute atomic E-state index is 0.247. The number of piperidine rings is 1. The van der Waals surface area contributed by atoms with Gasteiger partial charge in [-0.2, -0.15) is 5.10 Å². The smallest absolute Gasteiger partial charge is 0.165 e. The first-order valence-electron chi connectivity index (χ1n) is 11.0. The van der Waals surface area contributed by atoms with Crippen molar-refractivity contribution in [1.29, 1.82) is 0 Å². The number of hydrogen-bond acceptors (Lipinski definition) is 4. The van der Waals surface area contributed by atoms with Gasteiger partial charge in [-0.25, -0.2) is 0 Å². The van der Waals surface area contributed by atoms with Gasteiger partial charge in [0, 0.05) is 49.9 Å². The lowest BCUT2D eigenvalue weighted by atomic mass is 9.89. The molecule has 0 aliphatic carbocycles. The molecule has 0 atom stereocenters. The van der Waals surface area contributed by atoms with Crippen molar-refractivity contribution in [2.75, 3.05) is 32.8 Å². The summed E-state index contributed by atoms with van der Waals surface area (Å²) in [5.41, 5.74) is 1.65. The Morgan fingerprint density at radius 2 is 1.93 bits per heavy atom. The third-order valence-electron chi connectivity index (χ3n) is 6.55. The quantitative estimate of drug-likeness (QED) is 0.674. The maximum absolute atomic E-state index is 12.9. The average Bonchev–Trinajstić information content (AvgIpc) is 3.17. The summed E-state index contributed by atoms with van der Waals surface area (Å²) in [6.07, 6.45) is 8.57. The highest BCUT2D eigenvalue weighted by atomic mass is 16.5. The molecule has 152 valence electrons. The zero-order valence-electron chi connectivity index (χ0n) is 17.1. The molecule has 2 aliphatic rings. The number of hydrogen-bond donors (Lipinski definition) is 0. The van der Waals surface area contributed by atoms with E-state index >= 15 is 0 Å². The Kier molecular flexibility index (Phi) is 6.43. The Balaban J connectivity index is 1.26. The van der Waals surface area contributed by atoms with Gasteiger partial charge >= 0.3 is 0 Å². The molecule has 0 spiro atoms. The topological polar surface area (TPSA) is 47.4 Å². The molecule has 4 rings (SSSR count). The highest BCUT2D eigenvalue weighted by molar-refractivity contribution is 6.06. The molecule has 0 bridgehead atoms. The summed E-state index contributed by atoms with van der Waals surface area (Å²) >= 11 is 0. The Hall–Kier alpha value is -1.72. The van der Waals surface area contributed by atoms with E-state index in [-0.39, 0.29) is 5.78 Å². The molecule has 0 N–H and O–H groups in total. The van der Waals surface area contributed by atoms with Crippen LogP contribution in [0.15, 0.2) is 24.4 Å². The minimum Gasteiger partial charge on any atom is -0.381 e. The number of aryl methyl sites for hydroxylation is 1. The van der Waals surface area contributed by atoms with Gasteiger partial charge in [0.1, 0.15) is 5.52 Å². The van der Waals surface area contributed by atoms with Gasteiger partial charge in [-0.3, -0.25) is 9.48 Å². The number of ketones is 1. The van der Waals surface area contributed by atoms with Crippen LogP contribution in [0.3, 0.4) is 0 Å². The van der Waals surface area contributed by atoms with Crippen LogP contribution in [-0.2, 0) is 11.3 Å². The third-order valence-corrected chi connectivity index (χ3v) is 6.55. The lowest BCUT2D eigenvalue weighted by Crippen LogP contribution is -2.38. The van der Waals surface area contributed by atoms with Crippen LogP contribution in [0.1, 0.15) is 55.8 Å². The summed E-state index contributed by atoms with van der Waals surface area (Å²) in [7, 11) is 0. The van der Waals surface area contributed by atoms with Gasteiger partial charge in [0.25, 0.3) is 0 Å². The molecule has 0 radical (unpaired) electrons. The zero-order chi connectivity index (χ0) is 19.3. The number of aromatic nitrogens is 2. The summed E-state index contributed by atoms with van der Waals surface area (Å²) in [5.74, 6) is 1.74. The first kappa shape index (κ1) is 19.6. The molecule has 28 heavy (non-hydrogen) atoms. The normalized spacial score (nSPS) is 20.0. The van der Waals surface area contributed by atoms with Crippen molar-refractivity contribution in [1.82, 2.24) is 14.7 Å². The maximum atomic E-state index is 12.9. The number of Topliss-reactive ketones (excluding diaryl/α,β-unsaturated/α-hetero) is 1. The number of benzene rings is 1. The fourth-order valence-electron chi connectivity index (χ4n) is 4.70. The zero-order valence-corrected chi connectivity index (χ0v) is 17.1. The van der Waals surface area contributed by atoms with Crippen molar-refractivity contribution >= 4 is 16.7 Å². The van der Waals surface area contributed by atoms with Crippen LogP contribution in [0.25, 0.3) is 10.9 Å². The van der Waals surface area contributed by atoms with Gasteiger partial charge in [0.2, 0.25) is 0 Å². The molecule has 0 saturated carbocycles. The van der Waals surface area contributed by atoms with Crippen molar-refractivity contribution in [3.63, 3.8) is 0 Å². The van der Waals surface area contributed by atoms with Crippen molar-refractivity contribution in [3.8, 4) is 0 Å². The number of rotatable bonds is 7. The van der Waals surface area contributed by atoms with Crippen LogP contribution < -0.4 is 0 Å². The highest BCUT2D eigenvalue weighted by Gasteiger charge is 2.24. The molecule has 2 saturated heterocycles. The standard InChI is InChI=1S/C23H33N3O2/c1-2-26-17-20-4-3-5-21(23(20)24-26)22(27)7-6-18-8-12-25(13-9-18)16-19-10-14-28-15-11-19/h3-5,17-19H,2,6-16H2,1H3. The van der Waals surface area contributed by atoms with Gasteiger partial charge in [-0.15, -0.1) is 0 Å². The van der Waals surface area contributed by atoms with E-state index in [4.69, 9.17) is 4.74 Å². The maximum Gasteiger partial charge on any atom is 0.165 e. The monoisotopic (exact) mass is 383 g/mol. The fourth-order valence-corrected chi connectivity index (χ4v) is 4.70. The molecule has 1 aromatic carbocycles. The molecule has 3 heterocycles. The number of carbonyl (C=O) groups excluding carboxylic acids is 1. The number of likely N-dealkylation sites (tertiary alicyclic amines) is 1. The molecule has 2 fully saturated rings. The van der Waals surface area contributed by atoms with Crippen LogP contribution in [0.5, 0.6) is 0 Å². The number of nitrogens with zero attached hydrogens (tertiary/aromatic N) is 3. The van der Waals surface area contributed by atoms with Gasteiger partial charge in [0.15, 0.2) is 5.78 Å². The SMILES string of the molecule is CCn1cc2cccc(C(=O)CCC3CCN(CC4CCOCC4)CC3)c2n1. The Bertz CT molecular complexity index is 786. The molecule has 0 amide bonds. The van der Waals surface area contributed by atoms with E-state index < -0.39 is 0 Å². The van der Waals surface area contributed by atoms with E-state index in [2.05, 4.69) is 16.9 Å². The third kappa shape index (κ3) is 4.64. The van der Waals surface area contributed by atoms with Crippen LogP contribution in [0.2, 0.25) is 0 Å². The van der Waals surface area contributed by atoms with Gasteiger partial charge in [0.05, 0.1) is 0 Å². The predicted octanol–water partition coefficient (Wildman–Crippen LogP) is 4.16. The second kappa shape index (κ2) is 9.19. The van der Waals surface area contributed by atoms with E-state index in [9.17, 15) is 4.79 Å². The average molecular weight is 384 g/mol. The first-order valence-corrected chi connectivity index (χ1v) is 11.0.